The quantitative estimate of drug-likeness (QED) is 0.770. The zero-order chi connectivity index (χ0) is 17.6. The van der Waals surface area contributed by atoms with Crippen LogP contribution in [-0.4, -0.2) is 37.3 Å². The Bertz CT molecular complexity index is 910. The molecule has 0 saturated carbocycles. The van der Waals surface area contributed by atoms with Gasteiger partial charge in [-0.3, -0.25) is 4.40 Å². The molecule has 0 spiro atoms. The minimum atomic E-state index is -4.47. The van der Waals surface area contributed by atoms with Crippen molar-refractivity contribution in [1.29, 1.82) is 0 Å². The van der Waals surface area contributed by atoms with Gasteiger partial charge in [0.15, 0.2) is 5.82 Å². The molecule has 1 N–H and O–H groups in total. The van der Waals surface area contributed by atoms with Gasteiger partial charge in [0, 0.05) is 18.9 Å². The van der Waals surface area contributed by atoms with Crippen molar-refractivity contribution in [2.24, 2.45) is 0 Å². The molecule has 3 heterocycles. The second-order valence-electron chi connectivity index (χ2n) is 5.96. The molecule has 2 atom stereocenters. The fourth-order valence-corrected chi connectivity index (χ4v) is 3.34. The monoisotopic (exact) mass is 349 g/mol. The molecule has 0 radical (unpaired) electrons. The van der Waals surface area contributed by atoms with E-state index in [1.165, 1.54) is 24.7 Å². The summed E-state index contributed by atoms with van der Waals surface area (Å²) in [6, 6.07) is 4.78. The summed E-state index contributed by atoms with van der Waals surface area (Å²) in [6.45, 7) is 0.177. The van der Waals surface area contributed by atoms with E-state index in [9.17, 15) is 18.3 Å². The third-order valence-corrected chi connectivity index (χ3v) is 4.37. The Kier molecular flexibility index (Phi) is 3.60. The van der Waals surface area contributed by atoms with E-state index in [4.69, 9.17) is 0 Å². The molecule has 1 fully saturated rings. The van der Waals surface area contributed by atoms with E-state index < -0.39 is 23.9 Å². The summed E-state index contributed by atoms with van der Waals surface area (Å²) >= 11 is 0. The molecule has 2 aromatic heterocycles. The number of β-amino-alcohol motifs (C(OH)–C–C–N with tert-alkyl or cyclic N) is 1. The Balaban J connectivity index is 1.84. The van der Waals surface area contributed by atoms with Crippen LogP contribution in [0.1, 0.15) is 23.6 Å². The van der Waals surface area contributed by atoms with E-state index >= 15 is 0 Å². The van der Waals surface area contributed by atoms with Crippen molar-refractivity contribution in [2.75, 3.05) is 11.4 Å². The van der Waals surface area contributed by atoms with Gasteiger partial charge in [-0.25, -0.2) is 4.98 Å². The van der Waals surface area contributed by atoms with E-state index in [0.717, 1.165) is 6.07 Å². The van der Waals surface area contributed by atoms with Crippen LogP contribution in [0.4, 0.5) is 19.0 Å². The summed E-state index contributed by atoms with van der Waals surface area (Å²) in [4.78, 5) is 5.94. The summed E-state index contributed by atoms with van der Waals surface area (Å²) < 4.78 is 41.9. The largest absolute Gasteiger partial charge is 0.416 e. The zero-order valence-electron chi connectivity index (χ0n) is 12.9. The van der Waals surface area contributed by atoms with Crippen LogP contribution in [0.2, 0.25) is 0 Å². The summed E-state index contributed by atoms with van der Waals surface area (Å²) in [7, 11) is 0. The predicted molar refractivity (Wildman–Crippen MR) is 82.9 cm³/mol. The highest BCUT2D eigenvalue weighted by Crippen LogP contribution is 2.42. The van der Waals surface area contributed by atoms with E-state index in [1.54, 1.807) is 21.6 Å². The van der Waals surface area contributed by atoms with Gasteiger partial charge in [-0.15, -0.1) is 10.2 Å². The first-order chi connectivity index (χ1) is 11.9. The molecule has 0 amide bonds. The van der Waals surface area contributed by atoms with Crippen LogP contribution < -0.4 is 4.90 Å². The van der Waals surface area contributed by atoms with Crippen LogP contribution >= 0.6 is 0 Å². The highest BCUT2D eigenvalue weighted by molar-refractivity contribution is 5.65. The number of alkyl halides is 3. The lowest BCUT2D eigenvalue weighted by atomic mass is 9.97. The number of benzene rings is 1. The first kappa shape index (κ1) is 15.8. The van der Waals surface area contributed by atoms with E-state index in [1.807, 2.05) is 0 Å². The second kappa shape index (κ2) is 5.69. The molecular weight excluding hydrogens is 335 g/mol. The fraction of sp³-hybridized carbons (Fsp3) is 0.312. The Labute approximate surface area is 140 Å². The number of rotatable bonds is 2. The molecule has 6 nitrogen and oxygen atoms in total. The molecule has 1 aliphatic rings. The lowest BCUT2D eigenvalue weighted by Crippen LogP contribution is -2.27. The van der Waals surface area contributed by atoms with Gasteiger partial charge in [0.05, 0.1) is 17.7 Å². The van der Waals surface area contributed by atoms with E-state index in [2.05, 4.69) is 15.2 Å². The molecule has 130 valence electrons. The van der Waals surface area contributed by atoms with Crippen molar-refractivity contribution >= 4 is 11.5 Å². The third kappa shape index (κ3) is 2.70. The van der Waals surface area contributed by atoms with E-state index in [0.29, 0.717) is 11.5 Å². The smallest absolute Gasteiger partial charge is 0.391 e. The summed E-state index contributed by atoms with van der Waals surface area (Å²) in [5, 5.41) is 17.9. The van der Waals surface area contributed by atoms with Crippen LogP contribution in [0, 0.1) is 0 Å². The van der Waals surface area contributed by atoms with E-state index in [-0.39, 0.29) is 18.5 Å². The predicted octanol–water partition coefficient (Wildman–Crippen LogP) is 2.46. The first-order valence-corrected chi connectivity index (χ1v) is 7.70. The maximum atomic E-state index is 13.4. The maximum Gasteiger partial charge on any atom is 0.416 e. The van der Waals surface area contributed by atoms with Crippen LogP contribution in [-0.2, 0) is 6.18 Å². The molecule has 3 aromatic rings. The van der Waals surface area contributed by atoms with Crippen molar-refractivity contribution < 1.29 is 18.3 Å². The highest BCUT2D eigenvalue weighted by atomic mass is 19.4. The minimum Gasteiger partial charge on any atom is -0.391 e. The van der Waals surface area contributed by atoms with Gasteiger partial charge >= 0.3 is 6.18 Å². The van der Waals surface area contributed by atoms with Gasteiger partial charge in [0.25, 0.3) is 0 Å². The first-order valence-electron chi connectivity index (χ1n) is 7.70. The van der Waals surface area contributed by atoms with Gasteiger partial charge < -0.3 is 10.0 Å². The molecule has 1 aliphatic heterocycles. The molecule has 0 aliphatic carbocycles. The number of nitrogens with zero attached hydrogens (tertiary/aromatic N) is 5. The fourth-order valence-electron chi connectivity index (χ4n) is 3.34. The van der Waals surface area contributed by atoms with Crippen molar-refractivity contribution in [3.05, 3.63) is 54.1 Å². The van der Waals surface area contributed by atoms with Gasteiger partial charge in [-0.2, -0.15) is 13.2 Å². The van der Waals surface area contributed by atoms with Gasteiger partial charge in [0.1, 0.15) is 6.33 Å². The van der Waals surface area contributed by atoms with Crippen LogP contribution in [0.5, 0.6) is 0 Å². The molecule has 1 aromatic carbocycles. The average molecular weight is 349 g/mol. The molecular formula is C16H14F3N5O. The molecule has 1 saturated heterocycles. The van der Waals surface area contributed by atoms with Crippen molar-refractivity contribution in [3.8, 4) is 0 Å². The number of aliphatic hydroxyl groups is 1. The van der Waals surface area contributed by atoms with Crippen LogP contribution in [0.25, 0.3) is 5.65 Å². The summed E-state index contributed by atoms with van der Waals surface area (Å²) in [6.07, 6.45) is -0.358. The summed E-state index contributed by atoms with van der Waals surface area (Å²) in [5.41, 5.74) is -0.145. The molecule has 2 unspecified atom stereocenters. The Morgan fingerprint density at radius 2 is 2.00 bits per heavy atom. The lowest BCUT2D eigenvalue weighted by Gasteiger charge is -2.27. The van der Waals surface area contributed by atoms with Crippen molar-refractivity contribution in [2.45, 2.75) is 24.7 Å². The lowest BCUT2D eigenvalue weighted by molar-refractivity contribution is -0.138. The number of aromatic nitrogens is 4. The molecule has 9 heteroatoms. The molecule has 4 rings (SSSR count). The van der Waals surface area contributed by atoms with Gasteiger partial charge in [-0.05, 0) is 18.1 Å². The van der Waals surface area contributed by atoms with Crippen LogP contribution in [0.3, 0.4) is 0 Å². The normalized spacial score (nSPS) is 21.2. The molecule has 25 heavy (non-hydrogen) atoms. The standard InChI is InChI=1S/C16H14F3N5O/c17-16(18,19)12-4-2-1-3-11(12)13-7-10(25)8-24(13)14-15-22-21-9-23(15)6-5-20-14/h1-6,9-10,13,25H,7-8H2. The topological polar surface area (TPSA) is 66.5 Å². The van der Waals surface area contributed by atoms with Crippen molar-refractivity contribution in [1.82, 2.24) is 19.6 Å². The SMILES string of the molecule is OC1CC(c2ccccc2C(F)(F)F)N(c2nccn3cnnc23)C1. The van der Waals surface area contributed by atoms with Crippen molar-refractivity contribution in [3.63, 3.8) is 0 Å². The Morgan fingerprint density at radius 1 is 1.20 bits per heavy atom. The number of halogens is 3. The van der Waals surface area contributed by atoms with Gasteiger partial charge in [0.2, 0.25) is 5.65 Å². The second-order valence-corrected chi connectivity index (χ2v) is 5.96. The number of anilines is 1. The van der Waals surface area contributed by atoms with Crippen LogP contribution in [0.15, 0.2) is 43.0 Å². The number of hydrogen-bond donors (Lipinski definition) is 1. The maximum absolute atomic E-state index is 13.4. The third-order valence-electron chi connectivity index (χ3n) is 4.37. The number of fused-ring (bicyclic) bond motifs is 1. The minimum absolute atomic E-state index is 0.120. The number of hydrogen-bond acceptors (Lipinski definition) is 5. The zero-order valence-corrected chi connectivity index (χ0v) is 12.9. The Morgan fingerprint density at radius 3 is 2.80 bits per heavy atom. The highest BCUT2D eigenvalue weighted by Gasteiger charge is 2.40. The Hall–Kier alpha value is -2.68. The summed E-state index contributed by atoms with van der Waals surface area (Å²) in [5.74, 6) is 0.401. The van der Waals surface area contributed by atoms with Gasteiger partial charge in [-0.1, -0.05) is 18.2 Å². The molecule has 0 bridgehead atoms. The average Bonchev–Trinajstić information content (AvgIpc) is 3.20. The number of aliphatic hydroxyl groups excluding tert-OH is 1.